The van der Waals surface area contributed by atoms with E-state index in [2.05, 4.69) is 6.92 Å². The van der Waals surface area contributed by atoms with Crippen molar-refractivity contribution in [1.82, 2.24) is 0 Å². The van der Waals surface area contributed by atoms with Crippen molar-refractivity contribution in [3.05, 3.63) is 5.92 Å². The summed E-state index contributed by atoms with van der Waals surface area (Å²) in [5, 5.41) is 0. The van der Waals surface area contributed by atoms with E-state index >= 15 is 0 Å². The van der Waals surface area contributed by atoms with Crippen LogP contribution in [0, 0.1) is 17.8 Å². The third-order valence-corrected chi connectivity index (χ3v) is 4.46. The molecule has 87 valence electrons. The van der Waals surface area contributed by atoms with Gasteiger partial charge in [-0.1, -0.05) is 6.92 Å². The molecule has 4 N–H and O–H groups in total. The van der Waals surface area contributed by atoms with Gasteiger partial charge >= 0.3 is 0 Å². The van der Waals surface area contributed by atoms with E-state index in [4.69, 9.17) is 11.5 Å². The molecule has 0 saturated heterocycles. The van der Waals surface area contributed by atoms with Gasteiger partial charge in [0.25, 0.3) is 0 Å². The first-order valence-electron chi connectivity index (χ1n) is 6.52. The maximum atomic E-state index is 6.06. The molecule has 0 aliphatic heterocycles. The maximum Gasteiger partial charge on any atom is 0.00649 e. The lowest BCUT2D eigenvalue weighted by molar-refractivity contribution is 0.259. The van der Waals surface area contributed by atoms with Gasteiger partial charge < -0.3 is 11.5 Å². The van der Waals surface area contributed by atoms with Gasteiger partial charge in [-0.3, -0.25) is 0 Å². The topological polar surface area (TPSA) is 52.0 Å². The van der Waals surface area contributed by atoms with Crippen molar-refractivity contribution >= 4 is 0 Å². The molecule has 0 aromatic rings. The zero-order valence-electron chi connectivity index (χ0n) is 9.91. The molecule has 2 aliphatic rings. The Labute approximate surface area is 93.8 Å². The Bertz CT molecular complexity index is 197. The SMILES string of the molecule is CC1C[C](C2CCC(N)CC2)CCC1N. The first-order valence-corrected chi connectivity index (χ1v) is 6.52. The first kappa shape index (κ1) is 11.4. The van der Waals surface area contributed by atoms with Crippen LogP contribution < -0.4 is 11.5 Å². The summed E-state index contributed by atoms with van der Waals surface area (Å²) in [5.41, 5.74) is 12.0. The molecule has 0 amide bonds. The molecule has 0 aromatic heterocycles. The average molecular weight is 209 g/mol. The van der Waals surface area contributed by atoms with Crippen molar-refractivity contribution in [2.45, 2.75) is 64.0 Å². The highest BCUT2D eigenvalue weighted by Gasteiger charge is 2.32. The lowest BCUT2D eigenvalue weighted by Crippen LogP contribution is -2.37. The average Bonchev–Trinajstić information content (AvgIpc) is 2.23. The van der Waals surface area contributed by atoms with Crippen LogP contribution in [0.1, 0.15) is 51.9 Å². The fraction of sp³-hybridized carbons (Fsp3) is 0.923. The predicted molar refractivity (Wildman–Crippen MR) is 64.2 cm³/mol. The molecule has 2 nitrogen and oxygen atoms in total. The molecule has 2 unspecified atom stereocenters. The van der Waals surface area contributed by atoms with Crippen molar-refractivity contribution in [3.63, 3.8) is 0 Å². The monoisotopic (exact) mass is 209 g/mol. The molecule has 2 heteroatoms. The Balaban J connectivity index is 1.84. The minimum absolute atomic E-state index is 0.444. The van der Waals surface area contributed by atoms with Crippen molar-refractivity contribution in [3.8, 4) is 0 Å². The number of hydrogen-bond acceptors (Lipinski definition) is 2. The van der Waals surface area contributed by atoms with Gasteiger partial charge in [0.2, 0.25) is 0 Å². The summed E-state index contributed by atoms with van der Waals surface area (Å²) in [4.78, 5) is 0. The highest BCUT2D eigenvalue weighted by Crippen LogP contribution is 2.40. The van der Waals surface area contributed by atoms with E-state index < -0.39 is 0 Å². The summed E-state index contributed by atoms with van der Waals surface area (Å²) in [6.45, 7) is 2.30. The molecule has 0 heterocycles. The summed E-state index contributed by atoms with van der Waals surface area (Å²) >= 11 is 0. The summed E-state index contributed by atoms with van der Waals surface area (Å²) < 4.78 is 0. The van der Waals surface area contributed by atoms with E-state index in [-0.39, 0.29) is 0 Å². The highest BCUT2D eigenvalue weighted by atomic mass is 14.7. The van der Waals surface area contributed by atoms with Gasteiger partial charge in [-0.15, -0.1) is 0 Å². The maximum absolute atomic E-state index is 6.06. The van der Waals surface area contributed by atoms with Crippen LogP contribution in [0.2, 0.25) is 0 Å². The second kappa shape index (κ2) is 4.84. The molecular formula is C13H25N2. The highest BCUT2D eigenvalue weighted by molar-refractivity contribution is 5.04. The Morgan fingerprint density at radius 2 is 1.67 bits per heavy atom. The second-order valence-corrected chi connectivity index (χ2v) is 5.65. The van der Waals surface area contributed by atoms with Crippen LogP contribution in [0.15, 0.2) is 0 Å². The summed E-state index contributed by atoms with van der Waals surface area (Å²) in [7, 11) is 0. The van der Waals surface area contributed by atoms with Crippen LogP contribution in [-0.2, 0) is 0 Å². The minimum atomic E-state index is 0.444. The third-order valence-electron chi connectivity index (χ3n) is 4.46. The fourth-order valence-electron chi connectivity index (χ4n) is 3.20. The summed E-state index contributed by atoms with van der Waals surface area (Å²) in [5.74, 6) is 3.38. The third kappa shape index (κ3) is 2.73. The molecular weight excluding hydrogens is 184 g/mol. The summed E-state index contributed by atoms with van der Waals surface area (Å²) in [6.07, 6.45) is 8.89. The number of rotatable bonds is 1. The molecule has 15 heavy (non-hydrogen) atoms. The molecule has 0 spiro atoms. The Morgan fingerprint density at radius 1 is 1.00 bits per heavy atom. The van der Waals surface area contributed by atoms with Crippen molar-refractivity contribution in [1.29, 1.82) is 0 Å². The fourth-order valence-corrected chi connectivity index (χ4v) is 3.20. The van der Waals surface area contributed by atoms with Crippen LogP contribution in [0.5, 0.6) is 0 Å². The molecule has 2 rings (SSSR count). The zero-order valence-corrected chi connectivity index (χ0v) is 9.91. The lowest BCUT2D eigenvalue weighted by Gasteiger charge is -2.38. The summed E-state index contributed by atoms with van der Waals surface area (Å²) in [6, 6.07) is 0.921. The van der Waals surface area contributed by atoms with E-state index in [1.165, 1.54) is 44.9 Å². The molecule has 2 saturated carbocycles. The quantitative estimate of drug-likeness (QED) is 0.696. The molecule has 2 aliphatic carbocycles. The predicted octanol–water partition coefficient (Wildman–Crippen LogP) is 2.23. The van der Waals surface area contributed by atoms with Crippen LogP contribution in [-0.4, -0.2) is 12.1 Å². The van der Waals surface area contributed by atoms with Crippen LogP contribution >= 0.6 is 0 Å². The van der Waals surface area contributed by atoms with Crippen LogP contribution in [0.25, 0.3) is 0 Å². The van der Waals surface area contributed by atoms with Gasteiger partial charge in [-0.05, 0) is 62.7 Å². The second-order valence-electron chi connectivity index (χ2n) is 5.65. The zero-order chi connectivity index (χ0) is 10.8. The van der Waals surface area contributed by atoms with Gasteiger partial charge in [-0.2, -0.15) is 0 Å². The van der Waals surface area contributed by atoms with Gasteiger partial charge in [-0.25, -0.2) is 0 Å². The Hall–Kier alpha value is -0.0800. The van der Waals surface area contributed by atoms with E-state index in [9.17, 15) is 0 Å². The van der Waals surface area contributed by atoms with E-state index in [0.29, 0.717) is 18.0 Å². The van der Waals surface area contributed by atoms with E-state index in [1.54, 1.807) is 5.92 Å². The standard InChI is InChI=1S/C13H25N2/c1-9-8-11(4-7-13(9)15)10-2-5-12(14)6-3-10/h9-10,12-13H,2-8,14-15H2,1H3. The number of hydrogen-bond donors (Lipinski definition) is 2. The van der Waals surface area contributed by atoms with Crippen molar-refractivity contribution in [2.75, 3.05) is 0 Å². The van der Waals surface area contributed by atoms with E-state index in [0.717, 1.165) is 5.92 Å². The lowest BCUT2D eigenvalue weighted by atomic mass is 9.69. The Kier molecular flexibility index (Phi) is 3.68. The smallest absolute Gasteiger partial charge is 0.00649 e. The van der Waals surface area contributed by atoms with Crippen LogP contribution in [0.4, 0.5) is 0 Å². The first-order chi connectivity index (χ1) is 7.16. The van der Waals surface area contributed by atoms with Gasteiger partial charge in [0.1, 0.15) is 0 Å². The van der Waals surface area contributed by atoms with E-state index in [1.807, 2.05) is 0 Å². The molecule has 1 radical (unpaired) electrons. The van der Waals surface area contributed by atoms with Gasteiger partial charge in [0, 0.05) is 12.1 Å². The molecule has 2 atom stereocenters. The minimum Gasteiger partial charge on any atom is -0.328 e. The largest absolute Gasteiger partial charge is 0.328 e. The van der Waals surface area contributed by atoms with Crippen molar-refractivity contribution in [2.24, 2.45) is 23.3 Å². The molecule has 0 bridgehead atoms. The Morgan fingerprint density at radius 3 is 2.27 bits per heavy atom. The molecule has 0 aromatic carbocycles. The van der Waals surface area contributed by atoms with Crippen LogP contribution in [0.3, 0.4) is 0 Å². The van der Waals surface area contributed by atoms with Crippen molar-refractivity contribution < 1.29 is 0 Å². The molecule has 2 fully saturated rings. The number of nitrogens with two attached hydrogens (primary N) is 2. The van der Waals surface area contributed by atoms with Gasteiger partial charge in [0.15, 0.2) is 0 Å². The van der Waals surface area contributed by atoms with Gasteiger partial charge in [0.05, 0.1) is 0 Å². The normalized spacial score (nSPS) is 44.2.